The topological polar surface area (TPSA) is 120 Å². The molecule has 0 radical (unpaired) electrons. The predicted octanol–water partition coefficient (Wildman–Crippen LogP) is 6.20. The molecule has 1 fully saturated rings. The first-order valence-electron chi connectivity index (χ1n) is 15.4. The molecular weight excluding hydrogens is 580 g/mol. The number of benzene rings is 4. The number of para-hydroxylation sites is 1. The largest absolute Gasteiger partial charge is 0.457 e. The molecule has 1 saturated heterocycles. The van der Waals surface area contributed by atoms with Gasteiger partial charge in [-0.05, 0) is 104 Å². The maximum absolute atomic E-state index is 13.1. The predicted molar refractivity (Wildman–Crippen MR) is 181 cm³/mol. The number of anilines is 2. The van der Waals surface area contributed by atoms with Crippen LogP contribution in [-0.4, -0.2) is 52.8 Å². The fourth-order valence-electron chi connectivity index (χ4n) is 5.74. The van der Waals surface area contributed by atoms with Gasteiger partial charge in [0.25, 0.3) is 5.91 Å². The lowest BCUT2D eigenvalue weighted by molar-refractivity contribution is 0.0794. The van der Waals surface area contributed by atoms with Gasteiger partial charge in [-0.25, -0.2) is 10.2 Å². The summed E-state index contributed by atoms with van der Waals surface area (Å²) in [6.45, 7) is 4.55. The lowest BCUT2D eigenvalue weighted by Crippen LogP contribution is -2.37. The van der Waals surface area contributed by atoms with Crippen molar-refractivity contribution >= 4 is 34.2 Å². The Bertz CT molecular complexity index is 1830. The molecule has 1 aliphatic rings. The number of amides is 3. The Balaban J connectivity index is 1.10. The van der Waals surface area contributed by atoms with Gasteiger partial charge in [0.2, 0.25) is 0 Å². The van der Waals surface area contributed by atoms with E-state index in [1.807, 2.05) is 55.5 Å². The zero-order valence-corrected chi connectivity index (χ0v) is 25.9. The van der Waals surface area contributed by atoms with E-state index in [0.29, 0.717) is 28.4 Å². The van der Waals surface area contributed by atoms with Crippen LogP contribution in [0, 0.1) is 6.92 Å². The quantitative estimate of drug-likeness (QED) is 0.126. The number of fused-ring (bicyclic) bond motifs is 1. The molecule has 2 heterocycles. The van der Waals surface area contributed by atoms with E-state index in [4.69, 9.17) is 4.74 Å². The monoisotopic (exact) mass is 618 g/mol. The number of nitrogens with one attached hydrogen (secondary N) is 4. The van der Waals surface area contributed by atoms with Crippen LogP contribution in [0.3, 0.4) is 0 Å². The minimum Gasteiger partial charge on any atom is -0.457 e. The zero-order chi connectivity index (χ0) is 32.0. The summed E-state index contributed by atoms with van der Waals surface area (Å²) in [5.74, 6) is 1.08. The third-order valence-corrected chi connectivity index (χ3v) is 8.16. The van der Waals surface area contributed by atoms with Gasteiger partial charge < -0.3 is 25.0 Å². The smallest absolute Gasteiger partial charge is 0.333 e. The molecule has 0 saturated carbocycles. The Morgan fingerprint density at radius 2 is 1.61 bits per heavy atom. The van der Waals surface area contributed by atoms with Crippen LogP contribution in [0.15, 0.2) is 97.2 Å². The highest BCUT2D eigenvalue weighted by atomic mass is 16.5. The van der Waals surface area contributed by atoms with E-state index in [0.717, 1.165) is 49.2 Å². The summed E-state index contributed by atoms with van der Waals surface area (Å²) < 4.78 is 8.21. The minimum atomic E-state index is -0.365. The van der Waals surface area contributed by atoms with E-state index in [-0.39, 0.29) is 18.0 Å². The maximum atomic E-state index is 13.1. The summed E-state index contributed by atoms with van der Waals surface area (Å²) in [5.41, 5.74) is 11.1. The number of nitrogens with zero attached hydrogens (tertiary/aromatic N) is 2. The Hall–Kier alpha value is -5.16. The number of hydrogen-bond acceptors (Lipinski definition) is 6. The Kier molecular flexibility index (Phi) is 9.30. The second-order valence-electron chi connectivity index (χ2n) is 11.5. The first kappa shape index (κ1) is 30.8. The molecule has 10 heteroatoms. The molecule has 0 spiro atoms. The number of carbonyl (C=O) groups excluding carboxylic acids is 2. The number of rotatable bonds is 9. The van der Waals surface area contributed by atoms with Crippen LogP contribution in [0.4, 0.5) is 16.2 Å². The van der Waals surface area contributed by atoms with Gasteiger partial charge >= 0.3 is 6.03 Å². The molecule has 5 aromatic rings. The third-order valence-electron chi connectivity index (χ3n) is 8.16. The van der Waals surface area contributed by atoms with E-state index in [2.05, 4.69) is 55.3 Å². The number of hydrazine groups is 1. The molecular formula is C36H38N6O4. The number of aryl methyl sites for hydroxylation is 1. The lowest BCUT2D eigenvalue weighted by Gasteiger charge is -2.29. The SMILES string of the molecule is CNNC(=O)Nc1ccc(Oc2ccc(NC(=O)c3ccc(-n4cc(CN5CCC(O)CC5)c5ccccc54)cc3)cc2C)cc1. The molecule has 1 aliphatic heterocycles. The average molecular weight is 619 g/mol. The maximum Gasteiger partial charge on any atom is 0.333 e. The standard InChI is InChI=1S/C36H38N6O4/c1-24-21-28(11-16-34(24)46-31-14-9-27(10-15-31)39-36(45)40-37-2)38-35(44)25-7-12-29(13-8-25)42-23-26(32-5-3-4-6-33(32)42)22-41-19-17-30(43)18-20-41/h3-16,21,23,30,37,43H,17-20,22H2,1-2H3,(H,38,44)(H2,39,40,45). The number of aliphatic hydroxyl groups excluding tert-OH is 1. The first-order valence-corrected chi connectivity index (χ1v) is 15.4. The van der Waals surface area contributed by atoms with Crippen LogP contribution in [0.1, 0.15) is 34.3 Å². The van der Waals surface area contributed by atoms with Gasteiger partial charge in [-0.3, -0.25) is 15.1 Å². The molecule has 4 aromatic carbocycles. The van der Waals surface area contributed by atoms with Gasteiger partial charge in [-0.2, -0.15) is 0 Å². The number of urea groups is 1. The van der Waals surface area contributed by atoms with E-state index in [1.54, 1.807) is 31.3 Å². The Morgan fingerprint density at radius 3 is 2.33 bits per heavy atom. The summed E-state index contributed by atoms with van der Waals surface area (Å²) in [7, 11) is 1.61. The summed E-state index contributed by atoms with van der Waals surface area (Å²) >= 11 is 0. The Labute approximate surface area is 268 Å². The van der Waals surface area contributed by atoms with Crippen molar-refractivity contribution in [3.05, 3.63) is 114 Å². The van der Waals surface area contributed by atoms with Crippen molar-refractivity contribution in [3.63, 3.8) is 0 Å². The number of likely N-dealkylation sites (tertiary alicyclic amines) is 1. The van der Waals surface area contributed by atoms with Crippen molar-refractivity contribution in [3.8, 4) is 17.2 Å². The van der Waals surface area contributed by atoms with Gasteiger partial charge in [-0.1, -0.05) is 18.2 Å². The molecule has 236 valence electrons. The van der Waals surface area contributed by atoms with Gasteiger partial charge in [0.15, 0.2) is 0 Å². The molecule has 6 rings (SSSR count). The van der Waals surface area contributed by atoms with Crippen LogP contribution in [0.2, 0.25) is 0 Å². The fourth-order valence-corrected chi connectivity index (χ4v) is 5.74. The van der Waals surface area contributed by atoms with Crippen LogP contribution in [0.5, 0.6) is 11.5 Å². The van der Waals surface area contributed by atoms with Crippen LogP contribution < -0.4 is 26.2 Å². The molecule has 46 heavy (non-hydrogen) atoms. The van der Waals surface area contributed by atoms with E-state index in [1.165, 1.54) is 10.9 Å². The van der Waals surface area contributed by atoms with Crippen LogP contribution >= 0.6 is 0 Å². The number of carbonyl (C=O) groups is 2. The van der Waals surface area contributed by atoms with E-state index < -0.39 is 0 Å². The fraction of sp³-hybridized carbons (Fsp3) is 0.222. The van der Waals surface area contributed by atoms with E-state index in [9.17, 15) is 14.7 Å². The molecule has 0 aliphatic carbocycles. The van der Waals surface area contributed by atoms with Crippen molar-refractivity contribution in [2.75, 3.05) is 30.8 Å². The average Bonchev–Trinajstić information content (AvgIpc) is 3.42. The molecule has 10 nitrogen and oxygen atoms in total. The highest BCUT2D eigenvalue weighted by Gasteiger charge is 2.19. The summed E-state index contributed by atoms with van der Waals surface area (Å²) in [5, 5.41) is 16.8. The summed E-state index contributed by atoms with van der Waals surface area (Å²) in [6, 6.07) is 28.2. The van der Waals surface area contributed by atoms with Crippen molar-refractivity contribution in [2.24, 2.45) is 0 Å². The van der Waals surface area contributed by atoms with Crippen molar-refractivity contribution in [1.29, 1.82) is 0 Å². The lowest BCUT2D eigenvalue weighted by atomic mass is 10.1. The second-order valence-corrected chi connectivity index (χ2v) is 11.5. The number of ether oxygens (including phenoxy) is 1. The van der Waals surface area contributed by atoms with Crippen LogP contribution in [-0.2, 0) is 6.54 Å². The highest BCUT2D eigenvalue weighted by Crippen LogP contribution is 2.30. The first-order chi connectivity index (χ1) is 22.4. The van der Waals surface area contributed by atoms with Crippen molar-refractivity contribution in [2.45, 2.75) is 32.4 Å². The van der Waals surface area contributed by atoms with Crippen molar-refractivity contribution < 1.29 is 19.4 Å². The summed E-state index contributed by atoms with van der Waals surface area (Å²) in [4.78, 5) is 27.2. The molecule has 3 amide bonds. The Morgan fingerprint density at radius 1 is 0.891 bits per heavy atom. The zero-order valence-electron chi connectivity index (χ0n) is 25.9. The number of aliphatic hydroxyl groups is 1. The summed E-state index contributed by atoms with van der Waals surface area (Å²) in [6.07, 6.45) is 3.62. The van der Waals surface area contributed by atoms with Crippen molar-refractivity contribution in [1.82, 2.24) is 20.3 Å². The molecule has 0 bridgehead atoms. The normalized spacial score (nSPS) is 13.8. The van der Waals surface area contributed by atoms with Gasteiger partial charge in [-0.15, -0.1) is 0 Å². The van der Waals surface area contributed by atoms with Gasteiger partial charge in [0.1, 0.15) is 11.5 Å². The molecule has 5 N–H and O–H groups in total. The number of aromatic nitrogens is 1. The molecule has 0 atom stereocenters. The third kappa shape index (κ3) is 7.21. The minimum absolute atomic E-state index is 0.190. The molecule has 1 aromatic heterocycles. The van der Waals surface area contributed by atoms with E-state index >= 15 is 0 Å². The number of hydrogen-bond donors (Lipinski definition) is 5. The number of piperidine rings is 1. The van der Waals surface area contributed by atoms with Crippen LogP contribution in [0.25, 0.3) is 16.6 Å². The van der Waals surface area contributed by atoms with Gasteiger partial charge in [0.05, 0.1) is 11.6 Å². The second kappa shape index (κ2) is 13.9. The van der Waals surface area contributed by atoms with Gasteiger partial charge in [0, 0.05) is 60.9 Å². The highest BCUT2D eigenvalue weighted by molar-refractivity contribution is 6.04. The molecule has 0 unspecified atom stereocenters.